The number of hydrogen-bond donors (Lipinski definition) is 2. The van der Waals surface area contributed by atoms with Crippen LogP contribution >= 0.6 is 0 Å². The molecule has 2 amide bonds. The van der Waals surface area contributed by atoms with Crippen LogP contribution in [0.5, 0.6) is 0 Å². The van der Waals surface area contributed by atoms with E-state index in [0.29, 0.717) is 17.1 Å². The van der Waals surface area contributed by atoms with Gasteiger partial charge in [-0.05, 0) is 43.3 Å². The Kier molecular flexibility index (Phi) is 7.08. The highest BCUT2D eigenvalue weighted by molar-refractivity contribution is 5.98. The molecule has 0 bridgehead atoms. The van der Waals surface area contributed by atoms with Crippen molar-refractivity contribution in [3.05, 3.63) is 58.1 Å². The van der Waals surface area contributed by atoms with Crippen molar-refractivity contribution in [1.29, 1.82) is 0 Å². The molecular weight excluding hydrogens is 392 g/mol. The van der Waals surface area contributed by atoms with E-state index in [-0.39, 0.29) is 17.2 Å². The van der Waals surface area contributed by atoms with Gasteiger partial charge in [-0.25, -0.2) is 4.79 Å². The van der Waals surface area contributed by atoms with Crippen molar-refractivity contribution in [1.82, 2.24) is 0 Å². The maximum atomic E-state index is 12.3. The van der Waals surface area contributed by atoms with E-state index in [1.165, 1.54) is 26.0 Å². The van der Waals surface area contributed by atoms with E-state index in [2.05, 4.69) is 10.6 Å². The minimum absolute atomic E-state index is 0.0355. The number of nitro groups is 1. The van der Waals surface area contributed by atoms with Crippen LogP contribution < -0.4 is 15.5 Å². The third-order valence-corrected chi connectivity index (χ3v) is 4.02. The van der Waals surface area contributed by atoms with Crippen LogP contribution in [0.15, 0.2) is 42.5 Å². The monoisotopic (exact) mass is 414 g/mol. The predicted octanol–water partition coefficient (Wildman–Crippen LogP) is 2.80. The largest absolute Gasteiger partial charge is 0.449 e. The Morgan fingerprint density at radius 1 is 1.03 bits per heavy atom. The number of benzene rings is 2. The summed E-state index contributed by atoms with van der Waals surface area (Å²) >= 11 is 0. The van der Waals surface area contributed by atoms with Gasteiger partial charge in [0, 0.05) is 38.5 Å². The van der Waals surface area contributed by atoms with Crippen molar-refractivity contribution in [3.8, 4) is 0 Å². The lowest BCUT2D eigenvalue weighted by molar-refractivity contribution is -0.384. The molecular formula is C20H22N4O6. The number of rotatable bonds is 7. The zero-order valence-electron chi connectivity index (χ0n) is 17.0. The number of nitrogens with one attached hydrogen (secondary N) is 2. The molecule has 0 radical (unpaired) electrons. The van der Waals surface area contributed by atoms with Crippen molar-refractivity contribution in [2.24, 2.45) is 0 Å². The average Bonchev–Trinajstić information content (AvgIpc) is 2.68. The number of nitrogens with zero attached hydrogens (tertiary/aromatic N) is 2. The summed E-state index contributed by atoms with van der Waals surface area (Å²) in [5, 5.41) is 16.4. The number of amides is 2. The Morgan fingerprint density at radius 3 is 2.10 bits per heavy atom. The number of carbonyl (C=O) groups excluding carboxylic acids is 3. The van der Waals surface area contributed by atoms with Crippen LogP contribution in [0.25, 0.3) is 0 Å². The molecule has 10 nitrogen and oxygen atoms in total. The second kappa shape index (κ2) is 9.50. The molecule has 0 aliphatic heterocycles. The van der Waals surface area contributed by atoms with Gasteiger partial charge in [-0.2, -0.15) is 0 Å². The minimum Gasteiger partial charge on any atom is -0.449 e. The molecule has 0 fully saturated rings. The highest BCUT2D eigenvalue weighted by Gasteiger charge is 2.23. The van der Waals surface area contributed by atoms with Gasteiger partial charge < -0.3 is 20.3 Å². The van der Waals surface area contributed by atoms with E-state index in [1.54, 1.807) is 43.3 Å². The fourth-order valence-corrected chi connectivity index (χ4v) is 2.54. The zero-order valence-corrected chi connectivity index (χ0v) is 17.0. The normalized spacial score (nSPS) is 11.2. The molecule has 0 aromatic heterocycles. The summed E-state index contributed by atoms with van der Waals surface area (Å²) in [6.45, 7) is 2.77. The number of esters is 1. The summed E-state index contributed by atoms with van der Waals surface area (Å²) in [6.07, 6.45) is -1.14. The van der Waals surface area contributed by atoms with Gasteiger partial charge in [0.25, 0.3) is 11.6 Å². The molecule has 2 aromatic carbocycles. The van der Waals surface area contributed by atoms with Crippen molar-refractivity contribution in [3.63, 3.8) is 0 Å². The van der Waals surface area contributed by atoms with Crippen LogP contribution in [0.1, 0.15) is 24.2 Å². The molecule has 0 unspecified atom stereocenters. The van der Waals surface area contributed by atoms with Gasteiger partial charge in [-0.3, -0.25) is 19.7 Å². The molecule has 0 saturated heterocycles. The van der Waals surface area contributed by atoms with Crippen molar-refractivity contribution in [2.45, 2.75) is 20.0 Å². The lowest BCUT2D eigenvalue weighted by atomic mass is 10.1. The Bertz CT molecular complexity index is 972. The van der Waals surface area contributed by atoms with E-state index in [1.807, 2.05) is 0 Å². The molecule has 2 aromatic rings. The standard InChI is InChI=1S/C20H22N4O6/c1-12(19(26)22-16-8-6-15(7-9-16)21-13(2)25)30-20(27)14-5-10-17(23(3)4)18(11-14)24(28)29/h5-12H,1-4H3,(H,21,25)(H,22,26)/t12-/m1/s1. The van der Waals surface area contributed by atoms with E-state index in [9.17, 15) is 24.5 Å². The number of nitro benzene ring substituents is 1. The summed E-state index contributed by atoms with van der Waals surface area (Å²) in [6, 6.07) is 10.3. The Morgan fingerprint density at radius 2 is 1.60 bits per heavy atom. The topological polar surface area (TPSA) is 131 Å². The number of hydrogen-bond acceptors (Lipinski definition) is 7. The van der Waals surface area contributed by atoms with E-state index in [4.69, 9.17) is 4.74 Å². The Labute approximate surface area is 173 Å². The molecule has 0 spiro atoms. The molecule has 10 heteroatoms. The molecule has 0 aliphatic rings. The minimum atomic E-state index is -1.14. The van der Waals surface area contributed by atoms with Gasteiger partial charge in [-0.15, -0.1) is 0 Å². The Hall–Kier alpha value is -3.95. The van der Waals surface area contributed by atoms with Crippen LogP contribution in [0.2, 0.25) is 0 Å². The summed E-state index contributed by atoms with van der Waals surface area (Å²) in [5.74, 6) is -1.65. The molecule has 0 aliphatic carbocycles. The molecule has 30 heavy (non-hydrogen) atoms. The van der Waals surface area contributed by atoms with Crippen LogP contribution in [-0.2, 0) is 14.3 Å². The quantitative estimate of drug-likeness (QED) is 0.405. The van der Waals surface area contributed by atoms with Crippen molar-refractivity contribution >= 4 is 40.5 Å². The van der Waals surface area contributed by atoms with Crippen molar-refractivity contribution in [2.75, 3.05) is 29.6 Å². The van der Waals surface area contributed by atoms with E-state index >= 15 is 0 Å². The van der Waals surface area contributed by atoms with Crippen LogP contribution in [0, 0.1) is 10.1 Å². The SMILES string of the molecule is CC(=O)Nc1ccc(NC(=O)[C@@H](C)OC(=O)c2ccc(N(C)C)c([N+](=O)[O-])c2)cc1. The summed E-state index contributed by atoms with van der Waals surface area (Å²) in [7, 11) is 3.30. The van der Waals surface area contributed by atoms with E-state index < -0.39 is 22.9 Å². The first-order chi connectivity index (χ1) is 14.1. The third-order valence-electron chi connectivity index (χ3n) is 4.02. The first-order valence-electron chi connectivity index (χ1n) is 8.93. The predicted molar refractivity (Wildman–Crippen MR) is 112 cm³/mol. The van der Waals surface area contributed by atoms with Gasteiger partial charge in [0.05, 0.1) is 10.5 Å². The Balaban J connectivity index is 2.04. The first-order valence-corrected chi connectivity index (χ1v) is 8.93. The molecule has 158 valence electrons. The lowest BCUT2D eigenvalue weighted by Gasteiger charge is -2.15. The van der Waals surface area contributed by atoms with Gasteiger partial charge in [-0.1, -0.05) is 0 Å². The maximum absolute atomic E-state index is 12.3. The van der Waals surface area contributed by atoms with Crippen LogP contribution in [0.4, 0.5) is 22.7 Å². The fourth-order valence-electron chi connectivity index (χ4n) is 2.54. The van der Waals surface area contributed by atoms with Crippen LogP contribution in [0.3, 0.4) is 0 Å². The number of anilines is 3. The summed E-state index contributed by atoms with van der Waals surface area (Å²) in [4.78, 5) is 47.9. The fraction of sp³-hybridized carbons (Fsp3) is 0.250. The summed E-state index contributed by atoms with van der Waals surface area (Å²) < 4.78 is 5.14. The average molecular weight is 414 g/mol. The van der Waals surface area contributed by atoms with Gasteiger partial charge >= 0.3 is 5.97 Å². The second-order valence-electron chi connectivity index (χ2n) is 6.65. The lowest BCUT2D eigenvalue weighted by Crippen LogP contribution is -2.30. The molecule has 0 saturated carbocycles. The molecule has 2 rings (SSSR count). The molecule has 2 N–H and O–H groups in total. The summed E-state index contributed by atoms with van der Waals surface area (Å²) in [5.41, 5.74) is 1.08. The molecule has 0 heterocycles. The van der Waals surface area contributed by atoms with Gasteiger partial charge in [0.15, 0.2) is 6.10 Å². The zero-order chi connectivity index (χ0) is 22.4. The van der Waals surface area contributed by atoms with Crippen molar-refractivity contribution < 1.29 is 24.0 Å². The first kappa shape index (κ1) is 22.3. The third kappa shape index (κ3) is 5.77. The van der Waals surface area contributed by atoms with Gasteiger partial charge in [0.1, 0.15) is 5.69 Å². The smallest absolute Gasteiger partial charge is 0.339 e. The van der Waals surface area contributed by atoms with Gasteiger partial charge in [0.2, 0.25) is 5.91 Å². The highest BCUT2D eigenvalue weighted by Crippen LogP contribution is 2.28. The maximum Gasteiger partial charge on any atom is 0.339 e. The second-order valence-corrected chi connectivity index (χ2v) is 6.65. The highest BCUT2D eigenvalue weighted by atomic mass is 16.6. The number of ether oxygens (including phenoxy) is 1. The number of carbonyl (C=O) groups is 3. The van der Waals surface area contributed by atoms with Crippen LogP contribution in [-0.4, -0.2) is 42.9 Å². The molecule has 1 atom stereocenters. The van der Waals surface area contributed by atoms with E-state index in [0.717, 1.165) is 6.07 Å².